The van der Waals surface area contributed by atoms with E-state index in [1.165, 1.54) is 29.5 Å². The summed E-state index contributed by atoms with van der Waals surface area (Å²) in [6.45, 7) is 4.82. The molecule has 2 amide bonds. The number of hydrogen-bond acceptors (Lipinski definition) is 7. The van der Waals surface area contributed by atoms with Gasteiger partial charge in [0.25, 0.3) is 5.69 Å². The van der Waals surface area contributed by atoms with E-state index in [2.05, 4.69) is 15.6 Å². The van der Waals surface area contributed by atoms with Gasteiger partial charge in [-0.05, 0) is 45.8 Å². The van der Waals surface area contributed by atoms with Gasteiger partial charge in [0.15, 0.2) is 5.13 Å². The van der Waals surface area contributed by atoms with Crippen LogP contribution >= 0.6 is 22.9 Å². The summed E-state index contributed by atoms with van der Waals surface area (Å²) in [7, 11) is 0. The van der Waals surface area contributed by atoms with Crippen LogP contribution in [0.1, 0.15) is 25.5 Å². The monoisotopic (exact) mass is 451 g/mol. The average molecular weight is 452 g/mol. The van der Waals surface area contributed by atoms with E-state index >= 15 is 0 Å². The maximum Gasteiger partial charge on any atom is 0.271 e. The van der Waals surface area contributed by atoms with Gasteiger partial charge in [0, 0.05) is 23.4 Å². The molecular formula is C19H22ClN5O4S. The summed E-state index contributed by atoms with van der Waals surface area (Å²) in [6.07, 6.45) is 1.26. The number of nitrogens with zero attached hydrogens (tertiary/aromatic N) is 3. The molecule has 0 aliphatic carbocycles. The summed E-state index contributed by atoms with van der Waals surface area (Å²) in [5.74, 6) is -0.491. The number of aryl methyl sites for hydroxylation is 1. The fourth-order valence-electron chi connectivity index (χ4n) is 3.29. The Hall–Kier alpha value is -2.56. The van der Waals surface area contributed by atoms with Crippen LogP contribution in [0.2, 0.25) is 5.02 Å². The van der Waals surface area contributed by atoms with Crippen LogP contribution in [-0.2, 0) is 9.59 Å². The van der Waals surface area contributed by atoms with Crippen molar-refractivity contribution >= 4 is 51.3 Å². The summed E-state index contributed by atoms with van der Waals surface area (Å²) in [5, 5.41) is 19.2. The summed E-state index contributed by atoms with van der Waals surface area (Å²) in [6, 6.07) is 3.44. The number of carbonyl (C=O) groups excluding carboxylic acids is 2. The minimum absolute atomic E-state index is 0.0514. The molecule has 1 fully saturated rings. The number of piperidine rings is 1. The molecule has 1 unspecified atom stereocenters. The van der Waals surface area contributed by atoms with Crippen LogP contribution in [0, 0.1) is 23.0 Å². The highest BCUT2D eigenvalue weighted by Gasteiger charge is 2.30. The van der Waals surface area contributed by atoms with Crippen molar-refractivity contribution in [3.05, 3.63) is 44.4 Å². The number of likely N-dealkylation sites (tertiary alicyclic amines) is 1. The van der Waals surface area contributed by atoms with Crippen molar-refractivity contribution in [3.8, 4) is 0 Å². The molecule has 0 bridgehead atoms. The van der Waals surface area contributed by atoms with E-state index in [-0.39, 0.29) is 34.1 Å². The van der Waals surface area contributed by atoms with Crippen molar-refractivity contribution in [1.29, 1.82) is 0 Å². The number of thiazole rings is 1. The third-order valence-corrected chi connectivity index (χ3v) is 6.30. The number of amides is 2. The van der Waals surface area contributed by atoms with Crippen LogP contribution in [0.3, 0.4) is 0 Å². The number of halogens is 1. The predicted molar refractivity (Wildman–Crippen MR) is 116 cm³/mol. The molecule has 1 saturated heterocycles. The molecule has 1 aromatic carbocycles. The molecule has 1 aliphatic heterocycles. The molecule has 0 spiro atoms. The number of aromatic nitrogens is 1. The zero-order valence-corrected chi connectivity index (χ0v) is 18.1. The normalized spacial score (nSPS) is 16.1. The lowest BCUT2D eigenvalue weighted by molar-refractivity contribution is -0.384. The molecule has 1 atom stereocenters. The van der Waals surface area contributed by atoms with Crippen LogP contribution in [0.25, 0.3) is 0 Å². The zero-order valence-electron chi connectivity index (χ0n) is 16.6. The second kappa shape index (κ2) is 9.50. The first-order valence-electron chi connectivity index (χ1n) is 9.46. The third-order valence-electron chi connectivity index (χ3n) is 5.10. The van der Waals surface area contributed by atoms with E-state index in [0.717, 1.165) is 5.69 Å². The Kier molecular flexibility index (Phi) is 7.01. The topological polar surface area (TPSA) is 117 Å². The molecule has 30 heavy (non-hydrogen) atoms. The molecule has 0 saturated carbocycles. The molecule has 1 aromatic heterocycles. The number of nitro groups is 1. The first-order chi connectivity index (χ1) is 14.2. The zero-order chi connectivity index (χ0) is 21.8. The largest absolute Gasteiger partial charge is 0.323 e. The van der Waals surface area contributed by atoms with E-state index in [0.29, 0.717) is 31.1 Å². The van der Waals surface area contributed by atoms with Gasteiger partial charge in [-0.1, -0.05) is 11.6 Å². The average Bonchev–Trinajstić information content (AvgIpc) is 3.13. The van der Waals surface area contributed by atoms with Crippen molar-refractivity contribution in [1.82, 2.24) is 9.88 Å². The number of nitro benzene ring substituents is 1. The Morgan fingerprint density at radius 3 is 2.63 bits per heavy atom. The Morgan fingerprint density at radius 2 is 2.03 bits per heavy atom. The molecular weight excluding hydrogens is 430 g/mol. The summed E-state index contributed by atoms with van der Waals surface area (Å²) in [5.41, 5.74) is 0.925. The standard InChI is InChI=1S/C19H22ClN5O4S/c1-11-10-30-19(21-11)23-18(27)13-5-7-24(8-6-13)12(2)17(26)22-16-9-14(25(28)29)3-4-15(16)20/h3-4,9-10,12-13H,5-8H2,1-2H3,(H,22,26)(H,21,23,27). The van der Waals surface area contributed by atoms with E-state index in [4.69, 9.17) is 11.6 Å². The second-order valence-corrected chi connectivity index (χ2v) is 8.45. The fraction of sp³-hybridized carbons (Fsp3) is 0.421. The second-order valence-electron chi connectivity index (χ2n) is 7.18. The maximum atomic E-state index is 12.6. The van der Waals surface area contributed by atoms with E-state index in [9.17, 15) is 19.7 Å². The highest BCUT2D eigenvalue weighted by Crippen LogP contribution is 2.28. The van der Waals surface area contributed by atoms with Gasteiger partial charge in [-0.3, -0.25) is 24.6 Å². The fourth-order valence-corrected chi connectivity index (χ4v) is 4.15. The van der Waals surface area contributed by atoms with Gasteiger partial charge in [-0.15, -0.1) is 11.3 Å². The van der Waals surface area contributed by atoms with Crippen LogP contribution < -0.4 is 10.6 Å². The smallest absolute Gasteiger partial charge is 0.271 e. The SMILES string of the molecule is Cc1csc(NC(=O)C2CCN(C(C)C(=O)Nc3cc([N+](=O)[O-])ccc3Cl)CC2)n1. The van der Waals surface area contributed by atoms with Crippen molar-refractivity contribution < 1.29 is 14.5 Å². The van der Waals surface area contributed by atoms with Crippen LogP contribution in [-0.4, -0.2) is 45.8 Å². The number of rotatable bonds is 6. The predicted octanol–water partition coefficient (Wildman–Crippen LogP) is 3.69. The van der Waals surface area contributed by atoms with Crippen molar-refractivity contribution in [2.24, 2.45) is 5.92 Å². The third kappa shape index (κ3) is 5.32. The lowest BCUT2D eigenvalue weighted by atomic mass is 9.95. The highest BCUT2D eigenvalue weighted by molar-refractivity contribution is 7.13. The van der Waals surface area contributed by atoms with Gasteiger partial charge in [0.05, 0.1) is 27.4 Å². The number of nitrogens with one attached hydrogen (secondary N) is 2. The van der Waals surface area contributed by atoms with E-state index in [1.807, 2.05) is 17.2 Å². The Bertz CT molecular complexity index is 958. The maximum absolute atomic E-state index is 12.6. The van der Waals surface area contributed by atoms with Gasteiger partial charge in [0.2, 0.25) is 11.8 Å². The van der Waals surface area contributed by atoms with Crippen LogP contribution in [0.15, 0.2) is 23.6 Å². The van der Waals surface area contributed by atoms with Crippen LogP contribution in [0.5, 0.6) is 0 Å². The van der Waals surface area contributed by atoms with Gasteiger partial charge in [0.1, 0.15) is 0 Å². The quantitative estimate of drug-likeness (QED) is 0.510. The minimum Gasteiger partial charge on any atom is -0.323 e. The summed E-state index contributed by atoms with van der Waals surface area (Å²) in [4.78, 5) is 41.7. The molecule has 3 rings (SSSR count). The molecule has 2 aromatic rings. The Morgan fingerprint density at radius 1 is 1.33 bits per heavy atom. The van der Waals surface area contributed by atoms with Gasteiger partial charge < -0.3 is 10.6 Å². The summed E-state index contributed by atoms with van der Waals surface area (Å²) >= 11 is 7.45. The van der Waals surface area contributed by atoms with Gasteiger partial charge in [-0.2, -0.15) is 0 Å². The molecule has 1 aliphatic rings. The van der Waals surface area contributed by atoms with Gasteiger partial charge >= 0.3 is 0 Å². The number of carbonyl (C=O) groups is 2. The number of non-ortho nitro benzene ring substituents is 1. The number of hydrogen-bond donors (Lipinski definition) is 2. The lowest BCUT2D eigenvalue weighted by Crippen LogP contribution is -2.47. The molecule has 2 heterocycles. The lowest BCUT2D eigenvalue weighted by Gasteiger charge is -2.34. The van der Waals surface area contributed by atoms with Crippen molar-refractivity contribution in [2.75, 3.05) is 23.7 Å². The minimum atomic E-state index is -0.543. The summed E-state index contributed by atoms with van der Waals surface area (Å²) < 4.78 is 0. The molecule has 160 valence electrons. The van der Waals surface area contributed by atoms with Crippen molar-refractivity contribution in [3.63, 3.8) is 0 Å². The van der Waals surface area contributed by atoms with Gasteiger partial charge in [-0.25, -0.2) is 4.98 Å². The van der Waals surface area contributed by atoms with E-state index in [1.54, 1.807) is 6.92 Å². The molecule has 11 heteroatoms. The molecule has 9 nitrogen and oxygen atoms in total. The van der Waals surface area contributed by atoms with E-state index < -0.39 is 11.0 Å². The molecule has 0 radical (unpaired) electrons. The Labute approximate surface area is 182 Å². The van der Waals surface area contributed by atoms with Crippen molar-refractivity contribution in [2.45, 2.75) is 32.7 Å². The highest BCUT2D eigenvalue weighted by atomic mass is 35.5. The number of benzene rings is 1. The number of anilines is 2. The first-order valence-corrected chi connectivity index (χ1v) is 10.7. The van der Waals surface area contributed by atoms with Crippen LogP contribution in [0.4, 0.5) is 16.5 Å². The molecule has 2 N–H and O–H groups in total. The Balaban J connectivity index is 1.54. The first kappa shape index (κ1) is 22.1.